The van der Waals surface area contributed by atoms with Crippen LogP contribution in [0.1, 0.15) is 49.2 Å². The van der Waals surface area contributed by atoms with E-state index < -0.39 is 23.3 Å². The normalized spacial score (nSPS) is 12.0. The van der Waals surface area contributed by atoms with Crippen molar-refractivity contribution in [2.75, 3.05) is 0 Å². The van der Waals surface area contributed by atoms with Crippen LogP contribution in [0.25, 0.3) is 11.3 Å². The fourth-order valence-electron chi connectivity index (χ4n) is 5.08. The second-order valence-electron chi connectivity index (χ2n) is 11.4. The molecule has 7 heteroatoms. The number of benzene rings is 4. The predicted octanol–water partition coefficient (Wildman–Crippen LogP) is 6.76. The third-order valence-electron chi connectivity index (χ3n) is 7.00. The van der Waals surface area contributed by atoms with E-state index in [0.717, 1.165) is 16.7 Å². The van der Waals surface area contributed by atoms with E-state index in [4.69, 9.17) is 9.84 Å². The molecule has 7 nitrogen and oxygen atoms in total. The van der Waals surface area contributed by atoms with E-state index in [-0.39, 0.29) is 12.2 Å². The minimum absolute atomic E-state index is 0.100. The zero-order valence-corrected chi connectivity index (χ0v) is 24.8. The van der Waals surface area contributed by atoms with Crippen molar-refractivity contribution in [3.8, 4) is 17.0 Å². The van der Waals surface area contributed by atoms with E-state index in [0.29, 0.717) is 22.7 Å². The van der Waals surface area contributed by atoms with E-state index >= 15 is 0 Å². The standard InChI is InChI=1S/C36H35N3O4/c1-25-33(29-20-22-30(40)23-21-29)39(37-32(27-16-10-6-11-17-27)28-18-12-7-13-19-28)35(42)38(25)31(34(41)43-36(2,3)4)24-26-14-8-5-9-15-26/h5-23,31,40H,24H2,1-4H3/t31-/m0/s1. The van der Waals surface area contributed by atoms with Crippen molar-refractivity contribution in [3.63, 3.8) is 0 Å². The summed E-state index contributed by atoms with van der Waals surface area (Å²) >= 11 is 0. The van der Waals surface area contributed by atoms with Gasteiger partial charge in [-0.05, 0) is 57.5 Å². The molecule has 1 aromatic heterocycles. The lowest BCUT2D eigenvalue weighted by atomic mass is 10.0. The third kappa shape index (κ3) is 6.67. The molecule has 0 amide bonds. The number of aromatic nitrogens is 2. The van der Waals surface area contributed by atoms with Crippen molar-refractivity contribution in [2.24, 2.45) is 5.10 Å². The highest BCUT2D eigenvalue weighted by molar-refractivity contribution is 6.12. The number of carbonyl (C=O) groups excluding carboxylic acids is 1. The molecule has 5 rings (SSSR count). The van der Waals surface area contributed by atoms with Crippen molar-refractivity contribution in [1.29, 1.82) is 0 Å². The summed E-state index contributed by atoms with van der Waals surface area (Å²) in [6.07, 6.45) is 0.253. The van der Waals surface area contributed by atoms with Gasteiger partial charge < -0.3 is 9.84 Å². The van der Waals surface area contributed by atoms with E-state index in [2.05, 4.69) is 0 Å². The maximum atomic E-state index is 14.5. The lowest BCUT2D eigenvalue weighted by molar-refractivity contribution is -0.159. The molecule has 0 fully saturated rings. The first-order valence-electron chi connectivity index (χ1n) is 14.2. The number of hydrogen-bond acceptors (Lipinski definition) is 5. The summed E-state index contributed by atoms with van der Waals surface area (Å²) in [6.45, 7) is 7.24. The second-order valence-corrected chi connectivity index (χ2v) is 11.4. The number of phenols is 1. The van der Waals surface area contributed by atoms with Gasteiger partial charge in [-0.1, -0.05) is 91.0 Å². The Bertz CT molecular complexity index is 1740. The van der Waals surface area contributed by atoms with Crippen LogP contribution >= 0.6 is 0 Å². The quantitative estimate of drug-likeness (QED) is 0.164. The topological polar surface area (TPSA) is 85.8 Å². The average Bonchev–Trinajstić information content (AvgIpc) is 3.24. The number of hydrogen-bond donors (Lipinski definition) is 1. The van der Waals surface area contributed by atoms with Gasteiger partial charge in [0.25, 0.3) is 0 Å². The van der Waals surface area contributed by atoms with Crippen molar-refractivity contribution in [2.45, 2.75) is 45.8 Å². The van der Waals surface area contributed by atoms with Crippen molar-refractivity contribution in [3.05, 3.63) is 148 Å². The van der Waals surface area contributed by atoms with Gasteiger partial charge in [0.2, 0.25) is 0 Å². The highest BCUT2D eigenvalue weighted by Crippen LogP contribution is 2.29. The Hall–Kier alpha value is -5.17. The van der Waals surface area contributed by atoms with E-state index in [1.54, 1.807) is 24.3 Å². The first-order valence-corrected chi connectivity index (χ1v) is 14.2. The molecule has 0 saturated carbocycles. The lowest BCUT2D eigenvalue weighted by Crippen LogP contribution is -2.37. The molecule has 0 saturated heterocycles. The predicted molar refractivity (Wildman–Crippen MR) is 169 cm³/mol. The summed E-state index contributed by atoms with van der Waals surface area (Å²) in [5.74, 6) is -0.408. The van der Waals surface area contributed by atoms with Crippen LogP contribution in [-0.2, 0) is 16.0 Å². The highest BCUT2D eigenvalue weighted by atomic mass is 16.6. The summed E-state index contributed by atoms with van der Waals surface area (Å²) in [5.41, 5.74) is 3.64. The molecule has 43 heavy (non-hydrogen) atoms. The smallest absolute Gasteiger partial charge is 0.350 e. The molecule has 5 aromatic rings. The number of nitrogens with zero attached hydrogens (tertiary/aromatic N) is 3. The number of esters is 1. The van der Waals surface area contributed by atoms with Crippen LogP contribution in [-0.4, -0.2) is 31.6 Å². The van der Waals surface area contributed by atoms with Gasteiger partial charge >= 0.3 is 11.7 Å². The molecule has 1 N–H and O–H groups in total. The van der Waals surface area contributed by atoms with Crippen LogP contribution in [0, 0.1) is 6.92 Å². The summed E-state index contributed by atoms with van der Waals surface area (Å²) in [5, 5.41) is 15.0. The molecular weight excluding hydrogens is 538 g/mol. The van der Waals surface area contributed by atoms with E-state index in [1.807, 2.05) is 119 Å². The maximum Gasteiger partial charge on any atom is 0.350 e. The first-order chi connectivity index (χ1) is 20.6. The van der Waals surface area contributed by atoms with Gasteiger partial charge in [0, 0.05) is 28.8 Å². The largest absolute Gasteiger partial charge is 0.508 e. The van der Waals surface area contributed by atoms with Gasteiger partial charge in [-0.15, -0.1) is 0 Å². The minimum atomic E-state index is -0.946. The van der Waals surface area contributed by atoms with Crippen LogP contribution in [0.3, 0.4) is 0 Å². The second kappa shape index (κ2) is 12.4. The number of phenolic OH excluding ortho intramolecular Hbond substituents is 1. The Morgan fingerprint density at radius 3 is 1.84 bits per heavy atom. The molecule has 0 bridgehead atoms. The monoisotopic (exact) mass is 573 g/mol. The number of carbonyl (C=O) groups is 1. The van der Waals surface area contributed by atoms with E-state index in [1.165, 1.54) is 9.24 Å². The Morgan fingerprint density at radius 2 is 1.33 bits per heavy atom. The van der Waals surface area contributed by atoms with Crippen molar-refractivity contribution >= 4 is 11.7 Å². The van der Waals surface area contributed by atoms with Gasteiger partial charge in [-0.2, -0.15) is 9.78 Å². The van der Waals surface area contributed by atoms with Gasteiger partial charge in [0.15, 0.2) is 0 Å². The SMILES string of the molecule is Cc1c(-c2ccc(O)cc2)n(N=C(c2ccccc2)c2ccccc2)c(=O)n1[C@@H](Cc1ccccc1)C(=O)OC(C)(C)C. The summed E-state index contributed by atoms with van der Waals surface area (Å²) in [4.78, 5) is 28.3. The molecule has 0 aliphatic rings. The number of imidazole rings is 1. The molecule has 1 heterocycles. The van der Waals surface area contributed by atoms with Crippen LogP contribution in [0.15, 0.2) is 125 Å². The molecule has 0 radical (unpaired) electrons. The Kier molecular flexibility index (Phi) is 8.44. The molecule has 4 aromatic carbocycles. The fraction of sp³-hybridized carbons (Fsp3) is 0.194. The summed E-state index contributed by atoms with van der Waals surface area (Å²) < 4.78 is 8.70. The Balaban J connectivity index is 1.79. The van der Waals surface area contributed by atoms with Crippen LogP contribution in [0.2, 0.25) is 0 Å². The number of rotatable bonds is 8. The highest BCUT2D eigenvalue weighted by Gasteiger charge is 2.32. The number of ether oxygens (including phenoxy) is 1. The van der Waals surface area contributed by atoms with Crippen LogP contribution in [0.5, 0.6) is 5.75 Å². The third-order valence-corrected chi connectivity index (χ3v) is 7.00. The van der Waals surface area contributed by atoms with Crippen LogP contribution < -0.4 is 5.69 Å². The molecule has 218 valence electrons. The Morgan fingerprint density at radius 1 is 0.814 bits per heavy atom. The van der Waals surface area contributed by atoms with Gasteiger partial charge in [0.05, 0.1) is 11.4 Å². The summed E-state index contributed by atoms with van der Waals surface area (Å²) in [7, 11) is 0. The van der Waals surface area contributed by atoms with Crippen LogP contribution in [0.4, 0.5) is 0 Å². The van der Waals surface area contributed by atoms with Gasteiger partial charge in [-0.25, -0.2) is 9.59 Å². The molecule has 0 spiro atoms. The molecular formula is C36H35N3O4. The van der Waals surface area contributed by atoms with Gasteiger partial charge in [0.1, 0.15) is 17.4 Å². The zero-order valence-electron chi connectivity index (χ0n) is 24.8. The lowest BCUT2D eigenvalue weighted by Gasteiger charge is -2.25. The van der Waals surface area contributed by atoms with Crippen molar-refractivity contribution < 1.29 is 14.6 Å². The van der Waals surface area contributed by atoms with E-state index in [9.17, 15) is 14.7 Å². The molecule has 1 atom stereocenters. The molecule has 0 aliphatic carbocycles. The maximum absolute atomic E-state index is 14.5. The van der Waals surface area contributed by atoms with Crippen molar-refractivity contribution in [1.82, 2.24) is 9.24 Å². The Labute approximate surface area is 251 Å². The summed E-state index contributed by atoms with van der Waals surface area (Å²) in [6, 6.07) is 34.5. The molecule has 0 aliphatic heterocycles. The fourth-order valence-corrected chi connectivity index (χ4v) is 5.08. The van der Waals surface area contributed by atoms with Gasteiger partial charge in [-0.3, -0.25) is 4.57 Å². The molecule has 0 unspecified atom stereocenters. The number of aromatic hydroxyl groups is 1. The average molecular weight is 574 g/mol. The zero-order chi connectivity index (χ0) is 30.6. The minimum Gasteiger partial charge on any atom is -0.508 e. The first kappa shape index (κ1) is 29.3.